The lowest BCUT2D eigenvalue weighted by Gasteiger charge is -2.32. The van der Waals surface area contributed by atoms with Gasteiger partial charge in [0.1, 0.15) is 11.6 Å². The van der Waals surface area contributed by atoms with E-state index in [9.17, 15) is 9.59 Å². The lowest BCUT2D eigenvalue weighted by atomic mass is 9.96. The summed E-state index contributed by atoms with van der Waals surface area (Å²) < 4.78 is 6.73. The van der Waals surface area contributed by atoms with Gasteiger partial charge in [0.2, 0.25) is 11.8 Å². The van der Waals surface area contributed by atoms with Crippen LogP contribution >= 0.6 is 15.9 Å². The van der Waals surface area contributed by atoms with Crippen molar-refractivity contribution in [3.8, 4) is 5.75 Å². The van der Waals surface area contributed by atoms with E-state index in [1.807, 2.05) is 30.9 Å². The number of benzene rings is 1. The maximum atomic E-state index is 12.6. The first-order valence-corrected chi connectivity index (χ1v) is 11.6. The smallest absolute Gasteiger partial charge is 0.230 e. The van der Waals surface area contributed by atoms with Crippen LogP contribution in [0, 0.1) is 19.8 Å². The predicted octanol–water partition coefficient (Wildman–Crippen LogP) is 4.89. The molecule has 1 aromatic heterocycles. The fraction of sp³-hybridized carbons (Fsp3) is 0.458. The largest absolute Gasteiger partial charge is 0.493 e. The molecule has 166 valence electrons. The van der Waals surface area contributed by atoms with Gasteiger partial charge in [-0.1, -0.05) is 12.1 Å². The summed E-state index contributed by atoms with van der Waals surface area (Å²) in [5, 5.41) is 2.86. The van der Waals surface area contributed by atoms with Gasteiger partial charge in [-0.25, -0.2) is 4.98 Å². The van der Waals surface area contributed by atoms with Crippen molar-refractivity contribution in [3.05, 3.63) is 52.1 Å². The van der Waals surface area contributed by atoms with Crippen LogP contribution in [0.15, 0.2) is 41.0 Å². The van der Waals surface area contributed by atoms with Crippen LogP contribution in [0.4, 0.5) is 5.82 Å². The molecule has 1 fully saturated rings. The number of carbonyl (C=O) groups excluding carboxylic acids is 2. The number of aryl methyl sites for hydroxylation is 2. The van der Waals surface area contributed by atoms with E-state index in [-0.39, 0.29) is 17.7 Å². The zero-order valence-corrected chi connectivity index (χ0v) is 19.8. The number of hydrogen-bond donors (Lipinski definition) is 1. The van der Waals surface area contributed by atoms with Crippen molar-refractivity contribution in [2.45, 2.75) is 46.0 Å². The lowest BCUT2D eigenvalue weighted by molar-refractivity contribution is -0.134. The van der Waals surface area contributed by atoms with E-state index in [2.05, 4.69) is 38.4 Å². The second-order valence-electron chi connectivity index (χ2n) is 8.10. The second-order valence-corrected chi connectivity index (χ2v) is 9.02. The van der Waals surface area contributed by atoms with Crippen molar-refractivity contribution in [1.82, 2.24) is 9.88 Å². The number of unbranched alkanes of at least 4 members (excludes halogenated alkanes) is 1. The Labute approximate surface area is 192 Å². The second kappa shape index (κ2) is 11.3. The van der Waals surface area contributed by atoms with Crippen LogP contribution in [-0.4, -0.2) is 41.4 Å². The van der Waals surface area contributed by atoms with Gasteiger partial charge in [0.25, 0.3) is 0 Å². The Morgan fingerprint density at radius 1 is 1.23 bits per heavy atom. The molecular weight excluding hydrogens is 458 g/mol. The van der Waals surface area contributed by atoms with Crippen LogP contribution in [0.1, 0.15) is 43.2 Å². The summed E-state index contributed by atoms with van der Waals surface area (Å²) in [6, 6.07) is 9.77. The molecule has 1 atom stereocenters. The van der Waals surface area contributed by atoms with Gasteiger partial charge in [-0.2, -0.15) is 0 Å². The number of anilines is 1. The minimum Gasteiger partial charge on any atom is -0.493 e. The molecule has 1 saturated heterocycles. The first kappa shape index (κ1) is 23.3. The maximum absolute atomic E-state index is 12.6. The molecule has 0 saturated carbocycles. The number of halogens is 1. The highest BCUT2D eigenvalue weighted by Crippen LogP contribution is 2.21. The van der Waals surface area contributed by atoms with Crippen LogP contribution in [-0.2, 0) is 9.59 Å². The van der Waals surface area contributed by atoms with Gasteiger partial charge in [-0.15, -0.1) is 0 Å². The fourth-order valence-electron chi connectivity index (χ4n) is 3.68. The highest BCUT2D eigenvalue weighted by molar-refractivity contribution is 9.10. The average Bonchev–Trinajstić information content (AvgIpc) is 2.77. The number of nitrogens with one attached hydrogen (secondary N) is 1. The van der Waals surface area contributed by atoms with E-state index in [0.29, 0.717) is 25.4 Å². The zero-order valence-electron chi connectivity index (χ0n) is 18.2. The molecule has 1 aliphatic rings. The molecule has 1 N–H and O–H groups in total. The zero-order chi connectivity index (χ0) is 22.2. The Bertz CT molecular complexity index is 901. The molecular formula is C24H30BrN3O3. The Kier molecular flexibility index (Phi) is 8.46. The van der Waals surface area contributed by atoms with Crippen LogP contribution in [0.3, 0.4) is 0 Å². The lowest BCUT2D eigenvalue weighted by Crippen LogP contribution is -2.43. The van der Waals surface area contributed by atoms with Gasteiger partial charge in [0.15, 0.2) is 0 Å². The van der Waals surface area contributed by atoms with E-state index in [1.54, 1.807) is 12.3 Å². The molecule has 0 aliphatic carbocycles. The predicted molar refractivity (Wildman–Crippen MR) is 125 cm³/mol. The van der Waals surface area contributed by atoms with Crippen LogP contribution in [0.5, 0.6) is 5.75 Å². The summed E-state index contributed by atoms with van der Waals surface area (Å²) in [6.07, 6.45) is 5.37. The van der Waals surface area contributed by atoms with E-state index in [0.717, 1.165) is 48.0 Å². The molecule has 2 heterocycles. The Morgan fingerprint density at radius 3 is 2.84 bits per heavy atom. The normalized spacial score (nSPS) is 16.1. The van der Waals surface area contributed by atoms with E-state index < -0.39 is 0 Å². The molecule has 1 aromatic carbocycles. The third kappa shape index (κ3) is 7.06. The van der Waals surface area contributed by atoms with Gasteiger partial charge >= 0.3 is 0 Å². The standard InChI is InChI=1S/C24H30BrN3O3/c1-17-8-9-18(2)21(14-17)31-13-4-3-7-23(29)28-12-5-6-19(16-28)24(30)27-22-11-10-20(25)15-26-22/h8-11,14-15,19H,3-7,12-13,16H2,1-2H3,(H,26,27,30). The number of likely N-dealkylation sites (tertiary alicyclic amines) is 1. The van der Waals surface area contributed by atoms with Gasteiger partial charge in [-0.3, -0.25) is 9.59 Å². The summed E-state index contributed by atoms with van der Waals surface area (Å²) in [6.45, 7) is 5.88. The minimum absolute atomic E-state index is 0.0748. The van der Waals surface area contributed by atoms with Crippen molar-refractivity contribution in [2.75, 3.05) is 25.0 Å². The molecule has 0 spiro atoms. The minimum atomic E-state index is -0.198. The third-order valence-electron chi connectivity index (χ3n) is 5.51. The molecule has 31 heavy (non-hydrogen) atoms. The third-order valence-corrected chi connectivity index (χ3v) is 5.98. The highest BCUT2D eigenvalue weighted by atomic mass is 79.9. The molecule has 3 rings (SSSR count). The first-order valence-electron chi connectivity index (χ1n) is 10.8. The molecule has 7 heteroatoms. The summed E-state index contributed by atoms with van der Waals surface area (Å²) >= 11 is 3.33. The molecule has 1 aliphatic heterocycles. The first-order chi connectivity index (χ1) is 14.9. The van der Waals surface area contributed by atoms with E-state index in [4.69, 9.17) is 4.74 Å². The molecule has 6 nitrogen and oxygen atoms in total. The van der Waals surface area contributed by atoms with E-state index >= 15 is 0 Å². The van der Waals surface area contributed by atoms with Gasteiger partial charge in [-0.05, 0) is 84.8 Å². The van der Waals surface area contributed by atoms with Gasteiger partial charge in [0.05, 0.1) is 12.5 Å². The monoisotopic (exact) mass is 487 g/mol. The Balaban J connectivity index is 1.39. The molecule has 2 amide bonds. The molecule has 0 radical (unpaired) electrons. The van der Waals surface area contributed by atoms with Crippen molar-refractivity contribution in [1.29, 1.82) is 0 Å². The van der Waals surface area contributed by atoms with Crippen molar-refractivity contribution in [2.24, 2.45) is 5.92 Å². The summed E-state index contributed by atoms with van der Waals surface area (Å²) in [4.78, 5) is 31.2. The topological polar surface area (TPSA) is 71.5 Å². The molecule has 2 aromatic rings. The quantitative estimate of drug-likeness (QED) is 0.538. The molecule has 1 unspecified atom stereocenters. The van der Waals surface area contributed by atoms with Crippen molar-refractivity contribution >= 4 is 33.6 Å². The Hall–Kier alpha value is -2.41. The summed E-state index contributed by atoms with van der Waals surface area (Å²) in [5.74, 6) is 1.29. The number of ether oxygens (including phenoxy) is 1. The van der Waals surface area contributed by atoms with Crippen LogP contribution < -0.4 is 10.1 Å². The number of amides is 2. The van der Waals surface area contributed by atoms with Crippen LogP contribution in [0.2, 0.25) is 0 Å². The maximum Gasteiger partial charge on any atom is 0.230 e. The highest BCUT2D eigenvalue weighted by Gasteiger charge is 2.28. The van der Waals surface area contributed by atoms with Crippen molar-refractivity contribution in [3.63, 3.8) is 0 Å². The summed E-state index contributed by atoms with van der Waals surface area (Å²) in [5.41, 5.74) is 2.30. The fourth-order valence-corrected chi connectivity index (χ4v) is 3.91. The van der Waals surface area contributed by atoms with Crippen molar-refractivity contribution < 1.29 is 14.3 Å². The van der Waals surface area contributed by atoms with E-state index in [1.165, 1.54) is 5.56 Å². The Morgan fingerprint density at radius 2 is 2.06 bits per heavy atom. The number of pyridine rings is 1. The number of carbonyl (C=O) groups is 2. The molecule has 0 bridgehead atoms. The van der Waals surface area contributed by atoms with Gasteiger partial charge in [0, 0.05) is 30.2 Å². The van der Waals surface area contributed by atoms with Crippen LogP contribution in [0.25, 0.3) is 0 Å². The number of nitrogens with zero attached hydrogens (tertiary/aromatic N) is 2. The van der Waals surface area contributed by atoms with Gasteiger partial charge < -0.3 is 15.0 Å². The number of rotatable bonds is 8. The average molecular weight is 488 g/mol. The SMILES string of the molecule is Cc1ccc(C)c(OCCCCC(=O)N2CCCC(C(=O)Nc3ccc(Br)cn3)C2)c1. The summed E-state index contributed by atoms with van der Waals surface area (Å²) in [7, 11) is 0. The number of hydrogen-bond acceptors (Lipinski definition) is 4. The number of aromatic nitrogens is 1. The number of piperidine rings is 1.